The van der Waals surface area contributed by atoms with E-state index in [9.17, 15) is 0 Å². The molecule has 0 unspecified atom stereocenters. The summed E-state index contributed by atoms with van der Waals surface area (Å²) in [5.74, 6) is -0.417. The van der Waals surface area contributed by atoms with Gasteiger partial charge < -0.3 is 14.6 Å². The van der Waals surface area contributed by atoms with Crippen molar-refractivity contribution in [2.24, 2.45) is 0 Å². The van der Waals surface area contributed by atoms with Crippen LogP contribution >= 0.6 is 99.9 Å². The maximum atomic E-state index is 7.00. The summed E-state index contributed by atoms with van der Waals surface area (Å²) in [5.41, 5.74) is 8.18. The first kappa shape index (κ1) is 47.5. The Hall–Kier alpha value is 2.62. The van der Waals surface area contributed by atoms with Gasteiger partial charge in [0.25, 0.3) is 0 Å². The quantitative estimate of drug-likeness (QED) is 0.245. The number of rotatable bonds is 4. The zero-order valence-electron chi connectivity index (χ0n) is 24.3. The minimum atomic E-state index is -0.417. The van der Waals surface area contributed by atoms with E-state index in [0.717, 1.165) is 7.11 Å². The molecule has 0 heterocycles. The van der Waals surface area contributed by atoms with Crippen LogP contribution in [0.15, 0.2) is 71.8 Å². The predicted octanol–water partition coefficient (Wildman–Crippen LogP) is 12.0. The third-order valence-electron chi connectivity index (χ3n) is 4.90. The van der Waals surface area contributed by atoms with Crippen molar-refractivity contribution < 1.29 is 29.0 Å². The standard InChI is InChI=1S/2C11H14.C5H12O2.CH4O.5HI.2V/c2*1-9(2)10(3)11-7-5-4-6-8-11;1-5(2,6-3)7-4;1-2;;;;;;;/h2*4-8H,1-3H3;1-4H3;2H,1H3;5*1H;;/q;;;;;;;;;+2;+3/p-5. The van der Waals surface area contributed by atoms with Gasteiger partial charge in [0.1, 0.15) is 0 Å². The van der Waals surface area contributed by atoms with Crippen LogP contribution in [0.3, 0.4) is 0 Å². The van der Waals surface area contributed by atoms with E-state index in [-0.39, 0.29) is 4.92 Å². The maximum absolute atomic E-state index is 7.00. The molecule has 1 N–H and O–H groups in total. The molecule has 0 radical (unpaired) electrons. The molecule has 2 aromatic carbocycles. The van der Waals surface area contributed by atoms with Crippen LogP contribution in [0.25, 0.3) is 11.1 Å². The minimum absolute atomic E-state index is 0.278. The molecule has 0 fully saturated rings. The number of hydrogen-bond donors (Lipinski definition) is 1. The molecule has 0 bridgehead atoms. The molecular weight excluding hydrogens is 1120 g/mol. The van der Waals surface area contributed by atoms with Crippen LogP contribution < -0.4 is 0 Å². The molecule has 0 amide bonds. The van der Waals surface area contributed by atoms with E-state index in [1.807, 2.05) is 26.0 Å². The van der Waals surface area contributed by atoms with Crippen molar-refractivity contribution in [3.63, 3.8) is 0 Å². The Morgan fingerprint density at radius 3 is 1.00 bits per heavy atom. The van der Waals surface area contributed by atoms with Gasteiger partial charge >= 0.3 is 114 Å². The summed E-state index contributed by atoms with van der Waals surface area (Å²) in [7, 11) is 4.86. The number of aliphatic hydroxyl groups is 1. The molecule has 38 heavy (non-hydrogen) atoms. The Balaban J connectivity index is -0.000000201. The Labute approximate surface area is 300 Å². The molecular formula is C28H44I5O3V2. The number of allylic oxidation sites excluding steroid dienone is 4. The predicted molar refractivity (Wildman–Crippen MR) is 207 cm³/mol. The van der Waals surface area contributed by atoms with E-state index in [4.69, 9.17) is 14.6 Å². The Morgan fingerprint density at radius 2 is 0.868 bits per heavy atom. The molecule has 0 aromatic heterocycles. The number of methoxy groups -OCH3 is 2. The first-order chi connectivity index (χ1) is 17.7. The van der Waals surface area contributed by atoms with Gasteiger partial charge in [0.2, 0.25) is 0 Å². The summed E-state index contributed by atoms with van der Waals surface area (Å²) in [5, 5.41) is 7.00. The van der Waals surface area contributed by atoms with Gasteiger partial charge in [0.05, 0.1) is 0 Å². The van der Waals surface area contributed by atoms with Crippen LogP contribution in [-0.2, 0) is 23.9 Å². The van der Waals surface area contributed by atoms with Gasteiger partial charge in [-0.05, 0) is 77.7 Å². The van der Waals surface area contributed by atoms with Gasteiger partial charge in [-0.1, -0.05) is 71.8 Å². The van der Waals surface area contributed by atoms with Crippen molar-refractivity contribution in [1.82, 2.24) is 0 Å². The summed E-state index contributed by atoms with van der Waals surface area (Å²) in [4.78, 5) is -0.278. The van der Waals surface area contributed by atoms with Gasteiger partial charge in [-0.2, -0.15) is 0 Å². The van der Waals surface area contributed by atoms with Crippen molar-refractivity contribution in [2.45, 2.75) is 61.2 Å². The molecule has 0 aliphatic carbocycles. The molecule has 0 saturated carbocycles. The number of aliphatic hydroxyl groups excluding tert-OH is 1. The Morgan fingerprint density at radius 1 is 0.658 bits per heavy atom. The van der Waals surface area contributed by atoms with Crippen molar-refractivity contribution in [3.8, 4) is 0 Å². The molecule has 0 spiro atoms. The molecule has 219 valence electrons. The fraction of sp³-hybridized carbons (Fsp3) is 0.429. The molecule has 0 aliphatic heterocycles. The van der Waals surface area contributed by atoms with E-state index < -0.39 is 5.79 Å². The summed E-state index contributed by atoms with van der Waals surface area (Å²) >= 11 is 12.1. The second kappa shape index (κ2) is 32.5. The van der Waals surface area contributed by atoms with Gasteiger partial charge in [-0.3, -0.25) is 0 Å². The number of halogens is 5. The summed E-state index contributed by atoms with van der Waals surface area (Å²) in [6.45, 7) is 16.6. The second-order valence-corrected chi connectivity index (χ2v) is 55.2. The molecule has 0 aliphatic rings. The van der Waals surface area contributed by atoms with Crippen molar-refractivity contribution in [1.29, 1.82) is 0 Å². The van der Waals surface area contributed by atoms with Crippen LogP contribution in [0.4, 0.5) is 0 Å². The average molecular weight is 1170 g/mol. The molecule has 0 atom stereocenters. The first-order valence-electron chi connectivity index (χ1n) is 11.3. The van der Waals surface area contributed by atoms with E-state index in [0.29, 0.717) is 9.47 Å². The average Bonchev–Trinajstić information content (AvgIpc) is 2.90. The van der Waals surface area contributed by atoms with Crippen LogP contribution in [0.1, 0.15) is 66.5 Å². The van der Waals surface area contributed by atoms with Gasteiger partial charge in [0.15, 0.2) is 5.79 Å². The van der Waals surface area contributed by atoms with E-state index in [2.05, 4.69) is 190 Å². The van der Waals surface area contributed by atoms with Gasteiger partial charge in [-0.15, -0.1) is 0 Å². The third-order valence-corrected chi connectivity index (χ3v) is 4.90. The SMILES string of the molecule is CC(C)=C(C)c1ccccc1.CC(C)=C(C)c1ccccc1.CO.COC(C)(C)OC.[I][V]([I])[I].[I][V][I]. The number of ether oxygens (including phenoxy) is 2. The Bertz CT molecular complexity index is 772. The zero-order chi connectivity index (χ0) is 30.7. The van der Waals surface area contributed by atoms with E-state index >= 15 is 0 Å². The van der Waals surface area contributed by atoms with Crippen molar-refractivity contribution in [2.75, 3.05) is 21.3 Å². The second-order valence-electron chi connectivity index (χ2n) is 8.05. The first-order valence-corrected chi connectivity index (χ1v) is 33.9. The van der Waals surface area contributed by atoms with Crippen LogP contribution in [0, 0.1) is 0 Å². The topological polar surface area (TPSA) is 38.7 Å². The summed E-state index contributed by atoms with van der Waals surface area (Å²) < 4.78 is 9.73. The zero-order valence-corrected chi connectivity index (χ0v) is 37.9. The molecule has 2 rings (SSSR count). The Kier molecular flexibility index (Phi) is 40.7. The number of benzene rings is 2. The normalized spacial score (nSPS) is 9.11. The molecule has 2 aromatic rings. The van der Waals surface area contributed by atoms with Gasteiger partial charge in [0, 0.05) is 21.3 Å². The van der Waals surface area contributed by atoms with Gasteiger partial charge in [-0.25, -0.2) is 0 Å². The van der Waals surface area contributed by atoms with Crippen LogP contribution in [-0.4, -0.2) is 32.2 Å². The molecule has 3 nitrogen and oxygen atoms in total. The molecule has 10 heteroatoms. The molecule has 0 saturated heterocycles. The third kappa shape index (κ3) is 33.1. The number of hydrogen-bond acceptors (Lipinski definition) is 3. The van der Waals surface area contributed by atoms with Crippen molar-refractivity contribution >= 4 is 111 Å². The van der Waals surface area contributed by atoms with Crippen LogP contribution in [0.2, 0.25) is 0 Å². The summed E-state index contributed by atoms with van der Waals surface area (Å²) in [6.07, 6.45) is 0. The van der Waals surface area contributed by atoms with Crippen molar-refractivity contribution in [3.05, 3.63) is 82.9 Å². The van der Waals surface area contributed by atoms with E-state index in [1.54, 1.807) is 14.2 Å². The van der Waals surface area contributed by atoms with Crippen LogP contribution in [0.5, 0.6) is 0 Å². The monoisotopic (exact) mass is 1160 g/mol. The fourth-order valence-corrected chi connectivity index (χ4v) is 2.04. The fourth-order valence-electron chi connectivity index (χ4n) is 2.04. The summed E-state index contributed by atoms with van der Waals surface area (Å²) in [6, 6.07) is 20.9. The van der Waals surface area contributed by atoms with E-state index in [1.165, 1.54) is 33.4 Å².